The molecule has 0 amide bonds. The Bertz CT molecular complexity index is 886. The zero-order valence-electron chi connectivity index (χ0n) is 14.6. The summed E-state index contributed by atoms with van der Waals surface area (Å²) in [5.41, 5.74) is 2.20. The highest BCUT2D eigenvalue weighted by molar-refractivity contribution is 5.89. The monoisotopic (exact) mass is 350 g/mol. The van der Waals surface area contributed by atoms with E-state index in [1.807, 2.05) is 42.5 Å². The molecule has 2 atom stereocenters. The second kappa shape index (κ2) is 8.13. The molecule has 0 saturated carbocycles. The first-order chi connectivity index (χ1) is 12.6. The predicted molar refractivity (Wildman–Crippen MR) is 101 cm³/mol. The van der Waals surface area contributed by atoms with E-state index in [1.54, 1.807) is 31.2 Å². The average molecular weight is 350 g/mol. The predicted octanol–water partition coefficient (Wildman–Crippen LogP) is 3.50. The Morgan fingerprint density at radius 2 is 1.62 bits per heavy atom. The van der Waals surface area contributed by atoms with Gasteiger partial charge in [0, 0.05) is 5.92 Å². The third-order valence-electron chi connectivity index (χ3n) is 4.49. The molecule has 0 saturated heterocycles. The van der Waals surface area contributed by atoms with Crippen molar-refractivity contribution in [3.8, 4) is 0 Å². The van der Waals surface area contributed by atoms with E-state index in [0.29, 0.717) is 12.2 Å². The maximum Gasteiger partial charge on any atom is 0.338 e. The second-order valence-corrected chi connectivity index (χ2v) is 6.18. The Labute approximate surface area is 152 Å². The Morgan fingerprint density at radius 3 is 2.27 bits per heavy atom. The summed E-state index contributed by atoms with van der Waals surface area (Å²) in [6, 6.07) is 21.0. The van der Waals surface area contributed by atoms with Gasteiger partial charge in [0.25, 0.3) is 0 Å². The van der Waals surface area contributed by atoms with Crippen LogP contribution in [0.3, 0.4) is 0 Å². The van der Waals surface area contributed by atoms with Crippen LogP contribution in [-0.2, 0) is 4.74 Å². The lowest BCUT2D eigenvalue weighted by molar-refractivity contribution is 0.0526. The van der Waals surface area contributed by atoms with Gasteiger partial charge in [-0.15, -0.1) is 0 Å². The van der Waals surface area contributed by atoms with Crippen LogP contribution in [0.25, 0.3) is 10.8 Å². The highest BCUT2D eigenvalue weighted by Crippen LogP contribution is 2.30. The molecule has 0 spiro atoms. The van der Waals surface area contributed by atoms with Crippen molar-refractivity contribution in [1.82, 2.24) is 0 Å². The minimum atomic E-state index is -0.940. The van der Waals surface area contributed by atoms with Crippen LogP contribution >= 0.6 is 0 Å². The molecule has 3 rings (SSSR count). The number of fused-ring (bicyclic) bond motifs is 1. The number of benzene rings is 3. The second-order valence-electron chi connectivity index (χ2n) is 6.18. The van der Waals surface area contributed by atoms with E-state index in [1.165, 1.54) is 0 Å². The zero-order chi connectivity index (χ0) is 18.5. The highest BCUT2D eigenvalue weighted by Gasteiger charge is 2.23. The smallest absolute Gasteiger partial charge is 0.338 e. The van der Waals surface area contributed by atoms with Gasteiger partial charge in [0.15, 0.2) is 0 Å². The molecule has 26 heavy (non-hydrogen) atoms. The Hall–Kier alpha value is -2.69. The quantitative estimate of drug-likeness (QED) is 0.668. The fourth-order valence-corrected chi connectivity index (χ4v) is 3.18. The van der Waals surface area contributed by atoms with E-state index in [9.17, 15) is 15.0 Å². The first kappa shape index (κ1) is 18.1. The number of esters is 1. The van der Waals surface area contributed by atoms with Gasteiger partial charge in [-0.05, 0) is 41.0 Å². The average Bonchev–Trinajstić information content (AvgIpc) is 2.68. The molecule has 0 fully saturated rings. The largest absolute Gasteiger partial charge is 0.462 e. The van der Waals surface area contributed by atoms with Crippen LogP contribution in [-0.4, -0.2) is 35.5 Å². The normalized spacial score (nSPS) is 13.3. The molecule has 3 aromatic carbocycles. The van der Waals surface area contributed by atoms with Crippen LogP contribution in [0.15, 0.2) is 66.7 Å². The van der Waals surface area contributed by atoms with Gasteiger partial charge < -0.3 is 14.9 Å². The fraction of sp³-hybridized carbons (Fsp3) is 0.227. The SMILES string of the molecule is CCOC(=O)c1ccc([C@H](c2ccc3ccccc3c2)[C@H](O)CO)cc1. The fourth-order valence-electron chi connectivity index (χ4n) is 3.18. The maximum atomic E-state index is 11.8. The van der Waals surface area contributed by atoms with Crippen molar-refractivity contribution in [3.05, 3.63) is 83.4 Å². The summed E-state index contributed by atoms with van der Waals surface area (Å²) in [6.45, 7) is 1.74. The van der Waals surface area contributed by atoms with Gasteiger partial charge in [-0.1, -0.05) is 54.6 Å². The summed E-state index contributed by atoms with van der Waals surface area (Å²) >= 11 is 0. The van der Waals surface area contributed by atoms with E-state index in [0.717, 1.165) is 21.9 Å². The number of aliphatic hydroxyl groups is 2. The Kier molecular flexibility index (Phi) is 5.66. The number of carbonyl (C=O) groups is 1. The molecule has 0 aliphatic heterocycles. The van der Waals surface area contributed by atoms with Crippen molar-refractivity contribution in [1.29, 1.82) is 0 Å². The molecule has 0 radical (unpaired) electrons. The summed E-state index contributed by atoms with van der Waals surface area (Å²) in [5.74, 6) is -0.759. The van der Waals surface area contributed by atoms with E-state index in [-0.39, 0.29) is 18.5 Å². The van der Waals surface area contributed by atoms with Crippen molar-refractivity contribution >= 4 is 16.7 Å². The minimum Gasteiger partial charge on any atom is -0.462 e. The molecule has 0 bridgehead atoms. The summed E-state index contributed by atoms with van der Waals surface area (Å²) in [5, 5.41) is 22.1. The van der Waals surface area contributed by atoms with Gasteiger partial charge in [0.2, 0.25) is 0 Å². The van der Waals surface area contributed by atoms with Crippen LogP contribution in [0.4, 0.5) is 0 Å². The van der Waals surface area contributed by atoms with Crippen LogP contribution < -0.4 is 0 Å². The number of rotatable bonds is 6. The van der Waals surface area contributed by atoms with Gasteiger partial charge in [-0.2, -0.15) is 0 Å². The number of carbonyl (C=O) groups excluding carboxylic acids is 1. The van der Waals surface area contributed by atoms with Crippen LogP contribution in [0.1, 0.15) is 34.3 Å². The first-order valence-electron chi connectivity index (χ1n) is 8.68. The minimum absolute atomic E-state index is 0.323. The topological polar surface area (TPSA) is 66.8 Å². The maximum absolute atomic E-state index is 11.8. The molecule has 0 aliphatic rings. The first-order valence-corrected chi connectivity index (χ1v) is 8.68. The van der Waals surface area contributed by atoms with E-state index >= 15 is 0 Å². The molecule has 3 aromatic rings. The number of aliphatic hydroxyl groups excluding tert-OH is 2. The lowest BCUT2D eigenvalue weighted by Gasteiger charge is -2.23. The molecule has 4 nitrogen and oxygen atoms in total. The standard InChI is InChI=1S/C22H22O4/c1-2-26-22(25)17-10-8-16(9-11-17)21(20(24)14-23)19-12-7-15-5-3-4-6-18(15)13-19/h3-13,20-21,23-24H,2,14H2,1H3/t20-,21-/m1/s1. The Balaban J connectivity index is 1.98. The van der Waals surface area contributed by atoms with Gasteiger partial charge in [-0.25, -0.2) is 4.79 Å². The van der Waals surface area contributed by atoms with E-state index in [2.05, 4.69) is 0 Å². The summed E-state index contributed by atoms with van der Waals surface area (Å²) in [4.78, 5) is 11.8. The molecule has 0 aliphatic carbocycles. The third kappa shape index (κ3) is 3.77. The summed E-state index contributed by atoms with van der Waals surface area (Å²) < 4.78 is 5.00. The van der Waals surface area contributed by atoms with Gasteiger partial charge in [0.05, 0.1) is 24.9 Å². The highest BCUT2D eigenvalue weighted by atomic mass is 16.5. The van der Waals surface area contributed by atoms with Gasteiger partial charge in [-0.3, -0.25) is 0 Å². The number of hydrogen-bond donors (Lipinski definition) is 2. The molecule has 0 heterocycles. The van der Waals surface area contributed by atoms with Crippen molar-refractivity contribution in [2.45, 2.75) is 18.9 Å². The molecule has 0 unspecified atom stereocenters. The number of ether oxygens (including phenoxy) is 1. The lowest BCUT2D eigenvalue weighted by Crippen LogP contribution is -2.23. The van der Waals surface area contributed by atoms with Gasteiger partial charge in [0.1, 0.15) is 0 Å². The van der Waals surface area contributed by atoms with Crippen LogP contribution in [0.5, 0.6) is 0 Å². The van der Waals surface area contributed by atoms with Crippen LogP contribution in [0.2, 0.25) is 0 Å². The third-order valence-corrected chi connectivity index (χ3v) is 4.49. The van der Waals surface area contributed by atoms with E-state index < -0.39 is 6.10 Å². The zero-order valence-corrected chi connectivity index (χ0v) is 14.6. The number of hydrogen-bond acceptors (Lipinski definition) is 4. The summed E-state index contributed by atoms with van der Waals surface area (Å²) in [7, 11) is 0. The Morgan fingerprint density at radius 1 is 0.962 bits per heavy atom. The molecule has 4 heteroatoms. The van der Waals surface area contributed by atoms with Crippen molar-refractivity contribution in [2.75, 3.05) is 13.2 Å². The van der Waals surface area contributed by atoms with Crippen molar-refractivity contribution in [3.63, 3.8) is 0 Å². The molecule has 134 valence electrons. The van der Waals surface area contributed by atoms with Crippen molar-refractivity contribution < 1.29 is 19.7 Å². The van der Waals surface area contributed by atoms with E-state index in [4.69, 9.17) is 4.74 Å². The lowest BCUT2D eigenvalue weighted by atomic mass is 9.85. The van der Waals surface area contributed by atoms with Gasteiger partial charge >= 0.3 is 5.97 Å². The molecular formula is C22H22O4. The van der Waals surface area contributed by atoms with Crippen LogP contribution in [0, 0.1) is 0 Å². The molecule has 2 N–H and O–H groups in total. The molecule has 0 aromatic heterocycles. The molecular weight excluding hydrogens is 328 g/mol. The van der Waals surface area contributed by atoms with Crippen molar-refractivity contribution in [2.24, 2.45) is 0 Å². The summed E-state index contributed by atoms with van der Waals surface area (Å²) in [6.07, 6.45) is -0.940.